The summed E-state index contributed by atoms with van der Waals surface area (Å²) >= 11 is 0. The Morgan fingerprint density at radius 3 is 3.00 bits per heavy atom. The topological polar surface area (TPSA) is 41.9 Å². The highest BCUT2D eigenvalue weighted by atomic mass is 19.1. The van der Waals surface area contributed by atoms with Crippen molar-refractivity contribution in [3.05, 3.63) is 29.1 Å². The zero-order valence-corrected chi connectivity index (χ0v) is 10.5. The van der Waals surface area contributed by atoms with Crippen LogP contribution in [0.15, 0.2) is 12.1 Å². The molecule has 4 nitrogen and oxygen atoms in total. The summed E-state index contributed by atoms with van der Waals surface area (Å²) in [5.41, 5.74) is 1.56. The highest BCUT2D eigenvalue weighted by Gasteiger charge is 2.18. The third kappa shape index (κ3) is 2.98. The van der Waals surface area contributed by atoms with Gasteiger partial charge in [0.15, 0.2) is 6.79 Å². The number of aliphatic hydroxyl groups excluding tert-OH is 1. The molecule has 1 N–H and O–H groups in total. The van der Waals surface area contributed by atoms with Gasteiger partial charge in [0.25, 0.3) is 0 Å². The lowest BCUT2D eigenvalue weighted by Crippen LogP contribution is -2.27. The highest BCUT2D eigenvalue weighted by molar-refractivity contribution is 5.42. The zero-order valence-electron chi connectivity index (χ0n) is 10.5. The molecule has 100 valence electrons. The molecule has 1 heterocycles. The monoisotopic (exact) mass is 255 g/mol. The Bertz CT molecular complexity index is 411. The second-order valence-corrected chi connectivity index (χ2v) is 4.26. The molecular formula is C13H18FNO3. The highest BCUT2D eigenvalue weighted by Crippen LogP contribution is 2.30. The minimum atomic E-state index is -0.280. The first-order valence-electron chi connectivity index (χ1n) is 6.09. The molecule has 0 aromatic heterocycles. The number of fused-ring (bicyclic) bond motifs is 1. The Balaban J connectivity index is 2.23. The number of benzene rings is 1. The predicted molar refractivity (Wildman–Crippen MR) is 64.7 cm³/mol. The molecule has 2 rings (SSSR count). The molecule has 1 aromatic carbocycles. The molecule has 0 unspecified atom stereocenters. The van der Waals surface area contributed by atoms with Crippen LogP contribution in [-0.4, -0.2) is 36.5 Å². The van der Waals surface area contributed by atoms with E-state index in [0.717, 1.165) is 23.4 Å². The van der Waals surface area contributed by atoms with Crippen LogP contribution in [-0.2, 0) is 17.9 Å². The summed E-state index contributed by atoms with van der Waals surface area (Å²) in [6.07, 6.45) is 0. The molecule has 0 spiro atoms. The van der Waals surface area contributed by atoms with Gasteiger partial charge in [-0.05, 0) is 18.7 Å². The van der Waals surface area contributed by atoms with Gasteiger partial charge in [0.1, 0.15) is 11.6 Å². The van der Waals surface area contributed by atoms with Crippen molar-refractivity contribution in [1.82, 2.24) is 4.90 Å². The Morgan fingerprint density at radius 1 is 1.44 bits per heavy atom. The number of hydrogen-bond acceptors (Lipinski definition) is 4. The fourth-order valence-corrected chi connectivity index (χ4v) is 2.11. The summed E-state index contributed by atoms with van der Waals surface area (Å²) in [5, 5.41) is 8.97. The van der Waals surface area contributed by atoms with Crippen molar-refractivity contribution in [2.75, 3.05) is 26.5 Å². The second-order valence-electron chi connectivity index (χ2n) is 4.26. The first kappa shape index (κ1) is 13.3. The normalized spacial score (nSPS) is 14.4. The lowest BCUT2D eigenvalue weighted by molar-refractivity contribution is -0.0177. The summed E-state index contributed by atoms with van der Waals surface area (Å²) in [6.45, 7) is 4.61. The molecule has 0 bridgehead atoms. The first-order chi connectivity index (χ1) is 8.74. The summed E-state index contributed by atoms with van der Waals surface area (Å²) in [5.74, 6) is 0.442. The fraction of sp³-hybridized carbons (Fsp3) is 0.538. The van der Waals surface area contributed by atoms with E-state index in [1.165, 1.54) is 12.1 Å². The van der Waals surface area contributed by atoms with Crippen LogP contribution in [0, 0.1) is 5.82 Å². The predicted octanol–water partition coefficient (Wildman–Crippen LogP) is 1.51. The molecule has 5 heteroatoms. The number of hydrogen-bond donors (Lipinski definition) is 1. The van der Waals surface area contributed by atoms with Crippen LogP contribution in [0.4, 0.5) is 4.39 Å². The van der Waals surface area contributed by atoms with E-state index in [4.69, 9.17) is 14.6 Å². The zero-order chi connectivity index (χ0) is 13.0. The van der Waals surface area contributed by atoms with Crippen molar-refractivity contribution in [3.63, 3.8) is 0 Å². The lowest BCUT2D eigenvalue weighted by Gasteiger charge is -2.24. The minimum Gasteiger partial charge on any atom is -0.467 e. The number of aliphatic hydroxyl groups is 1. The van der Waals surface area contributed by atoms with Gasteiger partial charge in [-0.2, -0.15) is 0 Å². The molecule has 0 radical (unpaired) electrons. The number of ether oxygens (including phenoxy) is 2. The Labute approximate surface area is 106 Å². The van der Waals surface area contributed by atoms with Gasteiger partial charge in [0.2, 0.25) is 0 Å². The third-order valence-corrected chi connectivity index (χ3v) is 3.01. The SMILES string of the molecule is CCN(CCO)Cc1cc(F)cc2c1OCOC2. The molecule has 1 aliphatic heterocycles. The average Bonchev–Trinajstić information content (AvgIpc) is 2.38. The van der Waals surface area contributed by atoms with Gasteiger partial charge in [-0.3, -0.25) is 4.90 Å². The van der Waals surface area contributed by atoms with Gasteiger partial charge >= 0.3 is 0 Å². The van der Waals surface area contributed by atoms with E-state index >= 15 is 0 Å². The van der Waals surface area contributed by atoms with Gasteiger partial charge in [-0.15, -0.1) is 0 Å². The first-order valence-corrected chi connectivity index (χ1v) is 6.09. The van der Waals surface area contributed by atoms with Crippen LogP contribution in [0.5, 0.6) is 5.75 Å². The molecule has 18 heavy (non-hydrogen) atoms. The van der Waals surface area contributed by atoms with Crippen molar-refractivity contribution < 1.29 is 19.0 Å². The summed E-state index contributed by atoms with van der Waals surface area (Å²) < 4.78 is 24.1. The molecule has 1 aliphatic rings. The van der Waals surface area contributed by atoms with E-state index in [9.17, 15) is 4.39 Å². The standard InChI is InChI=1S/C13H18FNO3/c1-2-15(3-4-16)7-10-5-12(14)6-11-8-17-9-18-13(10)11/h5-6,16H,2-4,7-9H2,1H3. The van der Waals surface area contributed by atoms with E-state index in [2.05, 4.69) is 0 Å². The second kappa shape index (κ2) is 6.13. The van der Waals surface area contributed by atoms with Crippen LogP contribution in [0.25, 0.3) is 0 Å². The van der Waals surface area contributed by atoms with Crippen molar-refractivity contribution >= 4 is 0 Å². The smallest absolute Gasteiger partial charge is 0.189 e. The van der Waals surface area contributed by atoms with Gasteiger partial charge in [0, 0.05) is 24.2 Å². The molecule has 0 amide bonds. The average molecular weight is 255 g/mol. The Hall–Kier alpha value is -1.17. The van der Waals surface area contributed by atoms with Gasteiger partial charge < -0.3 is 14.6 Å². The van der Waals surface area contributed by atoms with E-state index in [-0.39, 0.29) is 19.2 Å². The molecule has 0 saturated carbocycles. The number of nitrogens with zero attached hydrogens (tertiary/aromatic N) is 1. The van der Waals surface area contributed by atoms with Crippen LogP contribution in [0.3, 0.4) is 0 Å². The maximum atomic E-state index is 13.5. The van der Waals surface area contributed by atoms with E-state index < -0.39 is 0 Å². The van der Waals surface area contributed by atoms with Crippen LogP contribution in [0.1, 0.15) is 18.1 Å². The quantitative estimate of drug-likeness (QED) is 0.866. The fourth-order valence-electron chi connectivity index (χ4n) is 2.11. The largest absolute Gasteiger partial charge is 0.467 e. The van der Waals surface area contributed by atoms with E-state index in [1.807, 2.05) is 11.8 Å². The molecular weight excluding hydrogens is 237 g/mol. The molecule has 0 atom stereocenters. The van der Waals surface area contributed by atoms with Crippen LogP contribution in [0.2, 0.25) is 0 Å². The Morgan fingerprint density at radius 2 is 2.28 bits per heavy atom. The summed E-state index contributed by atoms with van der Waals surface area (Å²) in [7, 11) is 0. The number of likely N-dealkylation sites (N-methyl/N-ethyl adjacent to an activating group) is 1. The van der Waals surface area contributed by atoms with Crippen molar-refractivity contribution in [1.29, 1.82) is 0 Å². The number of halogens is 1. The van der Waals surface area contributed by atoms with Gasteiger partial charge in [-0.1, -0.05) is 6.92 Å². The van der Waals surface area contributed by atoms with E-state index in [0.29, 0.717) is 19.7 Å². The number of rotatable bonds is 5. The Kier molecular flexibility index (Phi) is 4.52. The maximum absolute atomic E-state index is 13.5. The third-order valence-electron chi connectivity index (χ3n) is 3.01. The summed E-state index contributed by atoms with van der Waals surface area (Å²) in [6, 6.07) is 2.94. The van der Waals surface area contributed by atoms with Crippen molar-refractivity contribution in [2.24, 2.45) is 0 Å². The molecule has 1 aromatic rings. The van der Waals surface area contributed by atoms with Gasteiger partial charge in [-0.25, -0.2) is 4.39 Å². The minimum absolute atomic E-state index is 0.0926. The summed E-state index contributed by atoms with van der Waals surface area (Å²) in [4.78, 5) is 2.04. The van der Waals surface area contributed by atoms with Gasteiger partial charge in [0.05, 0.1) is 13.2 Å². The van der Waals surface area contributed by atoms with Crippen molar-refractivity contribution in [3.8, 4) is 5.75 Å². The lowest BCUT2D eigenvalue weighted by atomic mass is 10.1. The molecule has 0 fully saturated rings. The molecule has 0 aliphatic carbocycles. The van der Waals surface area contributed by atoms with E-state index in [1.54, 1.807) is 0 Å². The van der Waals surface area contributed by atoms with Crippen molar-refractivity contribution in [2.45, 2.75) is 20.1 Å². The van der Waals surface area contributed by atoms with Crippen LogP contribution < -0.4 is 4.74 Å². The molecule has 0 saturated heterocycles. The van der Waals surface area contributed by atoms with Crippen LogP contribution >= 0.6 is 0 Å². The maximum Gasteiger partial charge on any atom is 0.189 e.